The second-order valence-electron chi connectivity index (χ2n) is 8.32. The monoisotopic (exact) mass is 483 g/mol. The van der Waals surface area contributed by atoms with Gasteiger partial charge in [-0.2, -0.15) is 0 Å². The van der Waals surface area contributed by atoms with Gasteiger partial charge < -0.3 is 15.1 Å². The molecule has 6 heteroatoms. The fraction of sp³-hybridized carbons (Fsp3) is 0.417. The summed E-state index contributed by atoms with van der Waals surface area (Å²) in [6.07, 6.45) is 1.83. The molecular formula is C24H32N3O2Y+. The van der Waals surface area contributed by atoms with E-state index in [-0.39, 0.29) is 50.4 Å². The predicted octanol–water partition coefficient (Wildman–Crippen LogP) is 3.41. The number of quaternary nitrogens is 1. The summed E-state index contributed by atoms with van der Waals surface area (Å²) in [4.78, 5) is 25.5. The minimum atomic E-state index is -0.0505. The Hall–Kier alpha value is -1.56. The van der Waals surface area contributed by atoms with E-state index in [1.807, 2.05) is 50.2 Å². The molecule has 0 aliphatic carbocycles. The van der Waals surface area contributed by atoms with E-state index < -0.39 is 0 Å². The average Bonchev–Trinajstić information content (AvgIpc) is 2.71. The molecule has 2 N–H and O–H groups in total. The maximum Gasteiger partial charge on any atom is 0.279 e. The van der Waals surface area contributed by atoms with E-state index in [1.165, 1.54) is 5.56 Å². The van der Waals surface area contributed by atoms with Crippen molar-refractivity contribution < 1.29 is 46.8 Å². The molecule has 1 aliphatic rings. The number of rotatable bonds is 6. The van der Waals surface area contributed by atoms with Crippen LogP contribution in [0.3, 0.4) is 0 Å². The standard InChI is InChI=1S/C24H31N3O2.Y/c1-18-9-7-10-19(2)23(18)26-22(28)17-27(15-20-11-5-4-6-12-20)14-8-13-21(16-27)24(29)25-3;/h4-7,9-12,21H,8,13-17H2,1-3H3,(H-,25,26,28,29);/p+1. The number of anilines is 1. The Morgan fingerprint density at radius 3 is 2.33 bits per heavy atom. The zero-order valence-electron chi connectivity index (χ0n) is 18.3. The van der Waals surface area contributed by atoms with Gasteiger partial charge in [-0.05, 0) is 37.8 Å². The molecule has 0 bridgehead atoms. The van der Waals surface area contributed by atoms with Gasteiger partial charge in [0.2, 0.25) is 5.91 Å². The average molecular weight is 483 g/mol. The number of aryl methyl sites for hydroxylation is 2. The van der Waals surface area contributed by atoms with Gasteiger partial charge in [0.1, 0.15) is 6.54 Å². The van der Waals surface area contributed by atoms with E-state index in [9.17, 15) is 9.59 Å². The van der Waals surface area contributed by atoms with Crippen LogP contribution in [-0.2, 0) is 48.8 Å². The minimum Gasteiger partial charge on any atom is -0.359 e. The number of nitrogens with one attached hydrogen (secondary N) is 2. The third-order valence-electron chi connectivity index (χ3n) is 6.00. The summed E-state index contributed by atoms with van der Waals surface area (Å²) >= 11 is 0. The minimum absolute atomic E-state index is 0. The molecule has 2 aromatic carbocycles. The molecule has 0 saturated carbocycles. The molecule has 1 radical (unpaired) electrons. The van der Waals surface area contributed by atoms with Crippen LogP contribution in [0.15, 0.2) is 48.5 Å². The fourth-order valence-corrected chi connectivity index (χ4v) is 4.55. The van der Waals surface area contributed by atoms with E-state index in [4.69, 9.17) is 0 Å². The summed E-state index contributed by atoms with van der Waals surface area (Å²) < 4.78 is 0.610. The number of nitrogens with zero attached hydrogens (tertiary/aromatic N) is 1. The third-order valence-corrected chi connectivity index (χ3v) is 6.00. The van der Waals surface area contributed by atoms with Crippen molar-refractivity contribution in [2.75, 3.05) is 32.0 Å². The number of amides is 2. The van der Waals surface area contributed by atoms with E-state index >= 15 is 0 Å². The van der Waals surface area contributed by atoms with E-state index in [0.29, 0.717) is 17.6 Å². The van der Waals surface area contributed by atoms with Gasteiger partial charge in [0, 0.05) is 51.0 Å². The molecule has 2 aromatic rings. The number of para-hydroxylation sites is 1. The molecule has 5 nitrogen and oxygen atoms in total. The Balaban J connectivity index is 0.00000320. The molecule has 30 heavy (non-hydrogen) atoms. The fourth-order valence-electron chi connectivity index (χ4n) is 4.55. The van der Waals surface area contributed by atoms with Crippen molar-refractivity contribution in [2.24, 2.45) is 5.92 Å². The van der Waals surface area contributed by atoms with Crippen LogP contribution < -0.4 is 10.6 Å². The molecule has 2 amide bonds. The van der Waals surface area contributed by atoms with Gasteiger partial charge in [-0.3, -0.25) is 9.59 Å². The second kappa shape index (κ2) is 11.2. The van der Waals surface area contributed by atoms with E-state index in [1.54, 1.807) is 7.05 Å². The van der Waals surface area contributed by atoms with E-state index in [0.717, 1.165) is 42.7 Å². The SMILES string of the molecule is CNC(=O)C1CCC[N+](CC(=O)Nc2c(C)cccc2C)(Cc2ccccc2)C1.[Y]. The Kier molecular flexibility index (Phi) is 9.20. The van der Waals surface area contributed by atoms with Gasteiger partial charge in [0.25, 0.3) is 5.91 Å². The van der Waals surface area contributed by atoms with Crippen molar-refractivity contribution in [3.05, 3.63) is 65.2 Å². The Morgan fingerprint density at radius 1 is 1.03 bits per heavy atom. The van der Waals surface area contributed by atoms with Crippen molar-refractivity contribution in [2.45, 2.75) is 33.2 Å². The third kappa shape index (κ3) is 6.22. The van der Waals surface area contributed by atoms with Gasteiger partial charge in [-0.15, -0.1) is 0 Å². The Labute approximate surface area is 205 Å². The zero-order chi connectivity index (χ0) is 20.9. The van der Waals surface area contributed by atoms with Crippen LogP contribution >= 0.6 is 0 Å². The number of hydrogen-bond donors (Lipinski definition) is 2. The van der Waals surface area contributed by atoms with Crippen molar-refractivity contribution in [1.82, 2.24) is 5.32 Å². The van der Waals surface area contributed by atoms with Gasteiger partial charge in [-0.25, -0.2) is 0 Å². The summed E-state index contributed by atoms with van der Waals surface area (Å²) in [5.41, 5.74) is 4.23. The molecule has 2 unspecified atom stereocenters. The number of piperidine rings is 1. The van der Waals surface area contributed by atoms with Crippen molar-refractivity contribution in [3.63, 3.8) is 0 Å². The van der Waals surface area contributed by atoms with Gasteiger partial charge in [0.05, 0.1) is 19.0 Å². The maximum absolute atomic E-state index is 13.1. The first-order valence-corrected chi connectivity index (χ1v) is 10.4. The number of carbonyl (C=O) groups is 2. The molecule has 2 atom stereocenters. The first-order valence-electron chi connectivity index (χ1n) is 10.4. The molecule has 3 rings (SSSR count). The van der Waals surface area contributed by atoms with Gasteiger partial charge in [-0.1, -0.05) is 48.5 Å². The molecular weight excluding hydrogens is 451 g/mol. The topological polar surface area (TPSA) is 58.2 Å². The van der Waals surface area contributed by atoms with E-state index in [2.05, 4.69) is 22.8 Å². The number of hydrogen-bond acceptors (Lipinski definition) is 2. The summed E-state index contributed by atoms with van der Waals surface area (Å²) in [6, 6.07) is 16.3. The number of likely N-dealkylation sites (tertiary alicyclic amines) is 1. The molecule has 0 aromatic heterocycles. The Bertz CT molecular complexity index is 852. The van der Waals surface area contributed by atoms with Crippen LogP contribution in [0.5, 0.6) is 0 Å². The van der Waals surface area contributed by atoms with Crippen LogP contribution in [0.4, 0.5) is 5.69 Å². The van der Waals surface area contributed by atoms with Crippen molar-refractivity contribution >= 4 is 17.5 Å². The molecule has 157 valence electrons. The first kappa shape index (κ1) is 24.7. The molecule has 1 aliphatic heterocycles. The molecule has 1 saturated heterocycles. The number of carbonyl (C=O) groups excluding carboxylic acids is 2. The van der Waals surface area contributed by atoms with Crippen LogP contribution in [0.25, 0.3) is 0 Å². The van der Waals surface area contributed by atoms with Crippen LogP contribution in [0.2, 0.25) is 0 Å². The summed E-state index contributed by atoms with van der Waals surface area (Å²) in [6.45, 7) is 6.75. The smallest absolute Gasteiger partial charge is 0.279 e. The molecule has 0 spiro atoms. The largest absolute Gasteiger partial charge is 0.359 e. The van der Waals surface area contributed by atoms with Crippen LogP contribution in [0, 0.1) is 19.8 Å². The summed E-state index contributed by atoms with van der Waals surface area (Å²) in [5.74, 6) is 0.0387. The first-order chi connectivity index (χ1) is 13.9. The predicted molar refractivity (Wildman–Crippen MR) is 116 cm³/mol. The number of benzene rings is 2. The normalized spacial score (nSPS) is 20.7. The molecule has 1 fully saturated rings. The van der Waals surface area contributed by atoms with Gasteiger partial charge in [0.15, 0.2) is 6.54 Å². The summed E-state index contributed by atoms with van der Waals surface area (Å²) in [7, 11) is 1.69. The van der Waals surface area contributed by atoms with Crippen LogP contribution in [-0.4, -0.2) is 43.0 Å². The Morgan fingerprint density at radius 2 is 1.70 bits per heavy atom. The van der Waals surface area contributed by atoms with Crippen LogP contribution in [0.1, 0.15) is 29.5 Å². The van der Waals surface area contributed by atoms with Gasteiger partial charge >= 0.3 is 0 Å². The second-order valence-corrected chi connectivity index (χ2v) is 8.32. The summed E-state index contributed by atoms with van der Waals surface area (Å²) in [5, 5.41) is 5.93. The maximum atomic E-state index is 13.1. The quantitative estimate of drug-likeness (QED) is 0.619. The molecule has 1 heterocycles. The van der Waals surface area contributed by atoms with Crippen molar-refractivity contribution in [3.8, 4) is 0 Å². The zero-order valence-corrected chi connectivity index (χ0v) is 21.1. The van der Waals surface area contributed by atoms with Crippen molar-refractivity contribution in [1.29, 1.82) is 0 Å².